The second-order valence-electron chi connectivity index (χ2n) is 11.3. The van der Waals surface area contributed by atoms with Gasteiger partial charge in [0.15, 0.2) is 17.3 Å². The summed E-state index contributed by atoms with van der Waals surface area (Å²) in [5, 5.41) is 8.90. The van der Waals surface area contributed by atoms with E-state index in [1.54, 1.807) is 25.4 Å². The molecule has 0 bridgehead atoms. The quantitative estimate of drug-likeness (QED) is 0.175. The van der Waals surface area contributed by atoms with Gasteiger partial charge >= 0.3 is 0 Å². The lowest BCUT2D eigenvalue weighted by molar-refractivity contribution is -0.0705. The van der Waals surface area contributed by atoms with E-state index in [4.69, 9.17) is 26.1 Å². The molecule has 0 N–H and O–H groups in total. The van der Waals surface area contributed by atoms with Gasteiger partial charge in [0.2, 0.25) is 0 Å². The molecule has 1 aliphatic heterocycles. The number of nitrogens with zero attached hydrogens (tertiary/aromatic N) is 5. The third kappa shape index (κ3) is 4.99. The average Bonchev–Trinajstić information content (AvgIpc) is 3.70. The fourth-order valence-electron chi connectivity index (χ4n) is 5.92. The van der Waals surface area contributed by atoms with Gasteiger partial charge in [0.05, 0.1) is 23.1 Å². The molecule has 7 nitrogen and oxygen atoms in total. The van der Waals surface area contributed by atoms with Crippen LogP contribution >= 0.6 is 11.6 Å². The van der Waals surface area contributed by atoms with Crippen molar-refractivity contribution >= 4 is 22.6 Å². The van der Waals surface area contributed by atoms with E-state index < -0.39 is 11.6 Å². The fourth-order valence-corrected chi connectivity index (χ4v) is 6.08. The molecule has 0 saturated carbocycles. The zero-order valence-electron chi connectivity index (χ0n) is 24.7. The van der Waals surface area contributed by atoms with Crippen LogP contribution in [0, 0.1) is 12.7 Å². The van der Waals surface area contributed by atoms with Crippen molar-refractivity contribution in [1.29, 1.82) is 0 Å². The molecule has 0 fully saturated rings. The topological polar surface area (TPSA) is 67.0 Å². The number of hydrogen-bond acceptors (Lipinski definition) is 5. The number of fused-ring (bicyclic) bond motifs is 2. The smallest absolute Gasteiger partial charge is 0.278 e. The monoisotopic (exact) mass is 607 g/mol. The van der Waals surface area contributed by atoms with Crippen molar-refractivity contribution in [3.63, 3.8) is 0 Å². The van der Waals surface area contributed by atoms with Crippen LogP contribution in [0.15, 0.2) is 85.2 Å². The van der Waals surface area contributed by atoms with Crippen molar-refractivity contribution in [2.45, 2.75) is 52.5 Å². The van der Waals surface area contributed by atoms with Crippen LogP contribution in [0.2, 0.25) is 5.02 Å². The molecule has 3 heterocycles. The van der Waals surface area contributed by atoms with Crippen LogP contribution in [0.4, 0.5) is 4.39 Å². The summed E-state index contributed by atoms with van der Waals surface area (Å²) in [4.78, 5) is 5.08. The van der Waals surface area contributed by atoms with Gasteiger partial charge in [0.25, 0.3) is 5.79 Å². The van der Waals surface area contributed by atoms with Gasteiger partial charge in [-0.05, 0) is 60.4 Å². The Morgan fingerprint density at radius 2 is 1.77 bits per heavy atom. The first-order valence-electron chi connectivity index (χ1n) is 14.7. The fraction of sp³-hybridized carbons (Fsp3) is 0.229. The van der Waals surface area contributed by atoms with Crippen LogP contribution in [0.5, 0.6) is 11.5 Å². The van der Waals surface area contributed by atoms with Gasteiger partial charge in [0, 0.05) is 30.5 Å². The van der Waals surface area contributed by atoms with Crippen molar-refractivity contribution in [2.24, 2.45) is 0 Å². The van der Waals surface area contributed by atoms with Crippen molar-refractivity contribution in [3.8, 4) is 22.6 Å². The number of imidazole rings is 1. The van der Waals surface area contributed by atoms with Crippen LogP contribution in [0.25, 0.3) is 22.2 Å². The Morgan fingerprint density at radius 1 is 0.955 bits per heavy atom. The number of hydrogen-bond donors (Lipinski definition) is 0. The molecule has 1 unspecified atom stereocenters. The van der Waals surface area contributed by atoms with Gasteiger partial charge in [-0.15, -0.1) is 10.2 Å². The van der Waals surface area contributed by atoms with Crippen LogP contribution in [0.1, 0.15) is 48.6 Å². The average molecular weight is 608 g/mol. The number of ether oxygens (including phenoxy) is 2. The standard InChI is InChI=1S/C35H31ClFN5O2/c1-4-17-41-21-38-40-32(41)20-42-29-9-5-7-22(2)33(29)39-31(42)18-23-11-13-24(14-12-23)26-8-6-10-30-34(26)44-35(3,43-30)27-16-15-25(36)19-28(27)37/h5-16,19,21H,4,17-18,20H2,1-3H3. The highest BCUT2D eigenvalue weighted by Gasteiger charge is 2.42. The van der Waals surface area contributed by atoms with Gasteiger partial charge < -0.3 is 18.6 Å². The number of aromatic nitrogens is 5. The molecule has 44 heavy (non-hydrogen) atoms. The van der Waals surface area contributed by atoms with E-state index in [-0.39, 0.29) is 5.56 Å². The molecule has 9 heteroatoms. The lowest BCUT2D eigenvalue weighted by Gasteiger charge is -2.24. The summed E-state index contributed by atoms with van der Waals surface area (Å²) < 4.78 is 31.7. The summed E-state index contributed by atoms with van der Waals surface area (Å²) in [5.41, 5.74) is 6.45. The Bertz CT molecular complexity index is 2000. The third-order valence-electron chi connectivity index (χ3n) is 8.15. The molecular formula is C35H31ClFN5O2. The van der Waals surface area contributed by atoms with E-state index in [9.17, 15) is 4.39 Å². The van der Waals surface area contributed by atoms with Gasteiger partial charge in [-0.2, -0.15) is 0 Å². The van der Waals surface area contributed by atoms with E-state index in [1.165, 1.54) is 6.07 Å². The van der Waals surface area contributed by atoms with E-state index in [0.29, 0.717) is 29.5 Å². The van der Waals surface area contributed by atoms with Crippen LogP contribution in [-0.2, 0) is 25.3 Å². The highest BCUT2D eigenvalue weighted by molar-refractivity contribution is 6.30. The lowest BCUT2D eigenvalue weighted by atomic mass is 10.0. The summed E-state index contributed by atoms with van der Waals surface area (Å²) in [6.45, 7) is 7.42. The van der Waals surface area contributed by atoms with Crippen LogP contribution < -0.4 is 9.47 Å². The zero-order chi connectivity index (χ0) is 30.4. The maximum absolute atomic E-state index is 14.8. The molecule has 0 spiro atoms. The molecule has 7 rings (SSSR count). The summed E-state index contributed by atoms with van der Waals surface area (Å²) in [5.74, 6) is 1.21. The summed E-state index contributed by atoms with van der Waals surface area (Å²) in [7, 11) is 0. The molecule has 0 radical (unpaired) electrons. The van der Waals surface area contributed by atoms with Crippen LogP contribution in [-0.4, -0.2) is 24.3 Å². The van der Waals surface area contributed by atoms with Gasteiger partial charge in [-0.25, -0.2) is 9.37 Å². The first kappa shape index (κ1) is 28.1. The van der Waals surface area contributed by atoms with Crippen molar-refractivity contribution in [1.82, 2.24) is 24.3 Å². The molecule has 1 atom stereocenters. The number of halogens is 2. The number of rotatable bonds is 8. The molecule has 4 aromatic carbocycles. The van der Waals surface area contributed by atoms with E-state index in [1.807, 2.05) is 18.2 Å². The number of aryl methyl sites for hydroxylation is 2. The predicted molar refractivity (Wildman–Crippen MR) is 169 cm³/mol. The van der Waals surface area contributed by atoms with Crippen molar-refractivity contribution in [3.05, 3.63) is 124 Å². The zero-order valence-corrected chi connectivity index (χ0v) is 25.5. The van der Waals surface area contributed by atoms with E-state index >= 15 is 0 Å². The van der Waals surface area contributed by atoms with Gasteiger partial charge in [0.1, 0.15) is 18.0 Å². The molecule has 0 saturated heterocycles. The largest absolute Gasteiger partial charge is 0.444 e. The summed E-state index contributed by atoms with van der Waals surface area (Å²) in [6, 6.07) is 24.9. The minimum Gasteiger partial charge on any atom is -0.444 e. The SMILES string of the molecule is CCCn1cnnc1Cn1c(Cc2ccc(-c3cccc4c3OC(C)(c3ccc(Cl)cc3F)O4)cc2)nc2c(C)cccc21. The van der Waals surface area contributed by atoms with Crippen molar-refractivity contribution in [2.75, 3.05) is 0 Å². The van der Waals surface area contributed by atoms with E-state index in [2.05, 4.69) is 75.6 Å². The Balaban J connectivity index is 1.18. The molecule has 2 aromatic heterocycles. The summed E-state index contributed by atoms with van der Waals surface area (Å²) in [6.07, 6.45) is 3.45. The normalized spacial score (nSPS) is 15.8. The maximum atomic E-state index is 14.8. The minimum atomic E-state index is -1.31. The molecule has 222 valence electrons. The Hall–Kier alpha value is -4.69. The minimum absolute atomic E-state index is 0.283. The molecule has 6 aromatic rings. The van der Waals surface area contributed by atoms with Crippen LogP contribution in [0.3, 0.4) is 0 Å². The molecule has 0 aliphatic carbocycles. The van der Waals surface area contributed by atoms with Gasteiger partial charge in [-0.1, -0.05) is 67.1 Å². The Kier molecular flexibility index (Phi) is 7.09. The predicted octanol–water partition coefficient (Wildman–Crippen LogP) is 8.09. The third-order valence-corrected chi connectivity index (χ3v) is 8.38. The highest BCUT2D eigenvalue weighted by Crippen LogP contribution is 2.49. The van der Waals surface area contributed by atoms with E-state index in [0.717, 1.165) is 57.9 Å². The lowest BCUT2D eigenvalue weighted by Crippen LogP contribution is -2.32. The Morgan fingerprint density at radius 3 is 2.57 bits per heavy atom. The summed E-state index contributed by atoms with van der Waals surface area (Å²) >= 11 is 5.98. The Labute approximate surface area is 259 Å². The highest BCUT2D eigenvalue weighted by atomic mass is 35.5. The molecular weight excluding hydrogens is 577 g/mol. The molecule has 0 amide bonds. The number of para-hydroxylation sites is 2. The van der Waals surface area contributed by atoms with Crippen molar-refractivity contribution < 1.29 is 13.9 Å². The first-order chi connectivity index (χ1) is 21.3. The second-order valence-corrected chi connectivity index (χ2v) is 11.7. The second kappa shape index (κ2) is 11.1. The first-order valence-corrected chi connectivity index (χ1v) is 15.1. The molecule has 1 aliphatic rings. The number of benzene rings is 4. The van der Waals surface area contributed by atoms with Gasteiger partial charge in [-0.3, -0.25) is 0 Å². The maximum Gasteiger partial charge on any atom is 0.278 e.